The number of amides is 2. The first kappa shape index (κ1) is 17.0. The molecular formula is C20H22N2O3. The summed E-state index contributed by atoms with van der Waals surface area (Å²) in [6, 6.07) is 14.8. The normalized spacial score (nSPS) is 13.2. The summed E-state index contributed by atoms with van der Waals surface area (Å²) in [5, 5.41) is 5.77. The van der Waals surface area contributed by atoms with Crippen LogP contribution in [-0.4, -0.2) is 25.5 Å². The fourth-order valence-corrected chi connectivity index (χ4v) is 2.65. The standard InChI is InChI=1S/C20H22N2O3/c1-25-18-8-3-2-5-14(18)11-12-21-19(23)16-6-4-7-17(13-16)22-20(24)15-9-10-15/h2-8,13,15H,9-12H2,1H3,(H,21,23)(H,22,24). The van der Waals surface area contributed by atoms with Gasteiger partial charge in [-0.15, -0.1) is 0 Å². The van der Waals surface area contributed by atoms with Gasteiger partial charge in [-0.3, -0.25) is 9.59 Å². The Morgan fingerprint density at radius 3 is 2.68 bits per heavy atom. The Labute approximate surface area is 147 Å². The molecule has 25 heavy (non-hydrogen) atoms. The number of hydrogen-bond acceptors (Lipinski definition) is 3. The highest BCUT2D eigenvalue weighted by Crippen LogP contribution is 2.30. The van der Waals surface area contributed by atoms with Crippen molar-refractivity contribution in [1.29, 1.82) is 0 Å². The smallest absolute Gasteiger partial charge is 0.251 e. The molecule has 0 unspecified atom stereocenters. The Hall–Kier alpha value is -2.82. The third kappa shape index (κ3) is 4.59. The third-order valence-electron chi connectivity index (χ3n) is 4.21. The fourth-order valence-electron chi connectivity index (χ4n) is 2.65. The van der Waals surface area contributed by atoms with E-state index in [9.17, 15) is 9.59 Å². The number of hydrogen-bond donors (Lipinski definition) is 2. The van der Waals surface area contributed by atoms with Crippen LogP contribution in [-0.2, 0) is 11.2 Å². The van der Waals surface area contributed by atoms with Crippen LogP contribution in [0.1, 0.15) is 28.8 Å². The number of nitrogens with one attached hydrogen (secondary N) is 2. The molecule has 5 nitrogen and oxygen atoms in total. The number of anilines is 1. The molecule has 1 saturated carbocycles. The summed E-state index contributed by atoms with van der Waals surface area (Å²) in [7, 11) is 1.64. The summed E-state index contributed by atoms with van der Waals surface area (Å²) in [6.45, 7) is 0.512. The Kier molecular flexibility index (Phi) is 5.33. The van der Waals surface area contributed by atoms with Crippen LogP contribution in [0, 0.1) is 5.92 Å². The second-order valence-electron chi connectivity index (χ2n) is 6.16. The monoisotopic (exact) mass is 338 g/mol. The van der Waals surface area contributed by atoms with Gasteiger partial charge in [0.2, 0.25) is 5.91 Å². The van der Waals surface area contributed by atoms with Gasteiger partial charge >= 0.3 is 0 Å². The first-order chi connectivity index (χ1) is 12.2. The summed E-state index contributed by atoms with van der Waals surface area (Å²) in [6.07, 6.45) is 2.60. The van der Waals surface area contributed by atoms with Crippen LogP contribution >= 0.6 is 0 Å². The molecule has 5 heteroatoms. The van der Waals surface area contributed by atoms with Gasteiger partial charge in [0, 0.05) is 23.7 Å². The lowest BCUT2D eigenvalue weighted by atomic mass is 10.1. The highest BCUT2D eigenvalue weighted by atomic mass is 16.5. The minimum absolute atomic E-state index is 0.0359. The number of methoxy groups -OCH3 is 1. The van der Waals surface area contributed by atoms with E-state index in [1.54, 1.807) is 31.4 Å². The molecule has 3 rings (SSSR count). The molecule has 0 bridgehead atoms. The average Bonchev–Trinajstić information content (AvgIpc) is 3.47. The van der Waals surface area contributed by atoms with Crippen LogP contribution in [0.2, 0.25) is 0 Å². The molecule has 0 radical (unpaired) electrons. The van der Waals surface area contributed by atoms with Gasteiger partial charge in [0.05, 0.1) is 7.11 Å². The number of carbonyl (C=O) groups excluding carboxylic acids is 2. The van der Waals surface area contributed by atoms with E-state index in [0.29, 0.717) is 24.2 Å². The van der Waals surface area contributed by atoms with Crippen LogP contribution in [0.5, 0.6) is 5.75 Å². The molecule has 0 aromatic heterocycles. The van der Waals surface area contributed by atoms with Crippen LogP contribution in [0.3, 0.4) is 0 Å². The van der Waals surface area contributed by atoms with Crippen molar-refractivity contribution in [3.8, 4) is 5.75 Å². The van der Waals surface area contributed by atoms with E-state index in [2.05, 4.69) is 10.6 Å². The maximum absolute atomic E-state index is 12.3. The lowest BCUT2D eigenvalue weighted by molar-refractivity contribution is -0.117. The molecule has 2 amide bonds. The predicted molar refractivity (Wildman–Crippen MR) is 96.8 cm³/mol. The van der Waals surface area contributed by atoms with Gasteiger partial charge in [-0.2, -0.15) is 0 Å². The van der Waals surface area contributed by atoms with E-state index in [4.69, 9.17) is 4.74 Å². The largest absolute Gasteiger partial charge is 0.496 e. The van der Waals surface area contributed by atoms with Gasteiger partial charge in [0.25, 0.3) is 5.91 Å². The van der Waals surface area contributed by atoms with Crippen molar-refractivity contribution in [2.45, 2.75) is 19.3 Å². The highest BCUT2D eigenvalue weighted by Gasteiger charge is 2.29. The zero-order chi connectivity index (χ0) is 17.6. The quantitative estimate of drug-likeness (QED) is 0.815. The molecule has 130 valence electrons. The Morgan fingerprint density at radius 1 is 1.12 bits per heavy atom. The van der Waals surface area contributed by atoms with Gasteiger partial charge in [0.15, 0.2) is 0 Å². The summed E-state index contributed by atoms with van der Waals surface area (Å²) in [5.41, 5.74) is 2.25. The molecular weight excluding hydrogens is 316 g/mol. The van der Waals surface area contributed by atoms with Crippen LogP contribution in [0.15, 0.2) is 48.5 Å². The van der Waals surface area contributed by atoms with Gasteiger partial charge in [-0.1, -0.05) is 24.3 Å². The van der Waals surface area contributed by atoms with Crippen LogP contribution in [0.25, 0.3) is 0 Å². The molecule has 0 saturated heterocycles. The number of ether oxygens (including phenoxy) is 1. The number of benzene rings is 2. The van der Waals surface area contributed by atoms with Crippen molar-refractivity contribution in [3.05, 3.63) is 59.7 Å². The van der Waals surface area contributed by atoms with Crippen LogP contribution < -0.4 is 15.4 Å². The molecule has 0 aliphatic heterocycles. The maximum Gasteiger partial charge on any atom is 0.251 e. The molecule has 0 heterocycles. The molecule has 2 aromatic carbocycles. The van der Waals surface area contributed by atoms with E-state index in [0.717, 1.165) is 24.2 Å². The van der Waals surface area contributed by atoms with Crippen molar-refractivity contribution in [1.82, 2.24) is 5.32 Å². The third-order valence-corrected chi connectivity index (χ3v) is 4.21. The minimum atomic E-state index is -0.155. The second-order valence-corrected chi connectivity index (χ2v) is 6.16. The zero-order valence-corrected chi connectivity index (χ0v) is 14.2. The van der Waals surface area contributed by atoms with Crippen molar-refractivity contribution >= 4 is 17.5 Å². The minimum Gasteiger partial charge on any atom is -0.496 e. The lowest BCUT2D eigenvalue weighted by Gasteiger charge is -2.10. The van der Waals surface area contributed by atoms with Crippen molar-refractivity contribution in [3.63, 3.8) is 0 Å². The SMILES string of the molecule is COc1ccccc1CCNC(=O)c1cccc(NC(=O)C2CC2)c1. The predicted octanol–water partition coefficient (Wildman–Crippen LogP) is 3.02. The van der Waals surface area contributed by atoms with Gasteiger partial charge in [0.1, 0.15) is 5.75 Å². The first-order valence-electron chi connectivity index (χ1n) is 8.48. The number of para-hydroxylation sites is 1. The average molecular weight is 338 g/mol. The molecule has 2 aromatic rings. The van der Waals surface area contributed by atoms with E-state index in [-0.39, 0.29) is 17.7 Å². The van der Waals surface area contributed by atoms with Gasteiger partial charge < -0.3 is 15.4 Å². The zero-order valence-electron chi connectivity index (χ0n) is 14.2. The molecule has 0 spiro atoms. The van der Waals surface area contributed by atoms with Gasteiger partial charge in [-0.05, 0) is 49.1 Å². The van der Waals surface area contributed by atoms with E-state index < -0.39 is 0 Å². The van der Waals surface area contributed by atoms with Crippen molar-refractivity contribution in [2.75, 3.05) is 19.0 Å². The van der Waals surface area contributed by atoms with E-state index >= 15 is 0 Å². The van der Waals surface area contributed by atoms with Crippen LogP contribution in [0.4, 0.5) is 5.69 Å². The molecule has 1 fully saturated rings. The Bertz CT molecular complexity index is 769. The Balaban J connectivity index is 1.55. The van der Waals surface area contributed by atoms with E-state index in [1.165, 1.54) is 0 Å². The number of rotatable bonds is 7. The number of carbonyl (C=O) groups is 2. The highest BCUT2D eigenvalue weighted by molar-refractivity contribution is 5.98. The topological polar surface area (TPSA) is 67.4 Å². The summed E-state index contributed by atoms with van der Waals surface area (Å²) < 4.78 is 5.31. The molecule has 2 N–H and O–H groups in total. The van der Waals surface area contributed by atoms with Crippen molar-refractivity contribution < 1.29 is 14.3 Å². The molecule has 1 aliphatic rings. The lowest BCUT2D eigenvalue weighted by Crippen LogP contribution is -2.26. The summed E-state index contributed by atoms with van der Waals surface area (Å²) in [5.74, 6) is 0.839. The summed E-state index contributed by atoms with van der Waals surface area (Å²) in [4.78, 5) is 24.1. The summed E-state index contributed by atoms with van der Waals surface area (Å²) >= 11 is 0. The molecule has 1 aliphatic carbocycles. The second kappa shape index (κ2) is 7.83. The van der Waals surface area contributed by atoms with Gasteiger partial charge in [-0.25, -0.2) is 0 Å². The molecule has 0 atom stereocenters. The van der Waals surface area contributed by atoms with E-state index in [1.807, 2.05) is 24.3 Å². The fraction of sp³-hybridized carbons (Fsp3) is 0.300. The maximum atomic E-state index is 12.3. The van der Waals surface area contributed by atoms with Crippen molar-refractivity contribution in [2.24, 2.45) is 5.92 Å². The Morgan fingerprint density at radius 2 is 1.92 bits per heavy atom. The first-order valence-corrected chi connectivity index (χ1v) is 8.48.